The van der Waals surface area contributed by atoms with Crippen LogP contribution in [0.2, 0.25) is 0 Å². The van der Waals surface area contributed by atoms with Gasteiger partial charge < -0.3 is 15.2 Å². The molecule has 6 saturated carbocycles. The molecule has 7 fully saturated rings. The van der Waals surface area contributed by atoms with Gasteiger partial charge in [0.1, 0.15) is 6.10 Å². The van der Waals surface area contributed by atoms with Gasteiger partial charge in [-0.15, -0.1) is 6.58 Å². The molecule has 0 amide bonds. The SMILES string of the molecule is C.C.C=CC.CC.CNSN1CCN(CCNC23CCCC2C2CCC4C(CCC5C(C)C(OC(=O)C6CC(C(=O)O)C6C)CCC54C)C2CC3)CC1. The van der Waals surface area contributed by atoms with E-state index >= 15 is 0 Å². The van der Waals surface area contributed by atoms with Crippen LogP contribution in [-0.4, -0.2) is 84.2 Å². The Morgan fingerprint density at radius 1 is 0.868 bits per heavy atom. The zero-order valence-corrected chi connectivity index (χ0v) is 34.2. The minimum Gasteiger partial charge on any atom is -0.481 e. The normalized spacial score (nSPS) is 41.6. The average Bonchev–Trinajstić information content (AvgIpc) is 3.55. The van der Waals surface area contributed by atoms with Crippen molar-refractivity contribution in [1.29, 1.82) is 0 Å². The molecule has 0 aromatic rings. The molecule has 0 spiro atoms. The monoisotopic (exact) mass is 763 g/mol. The van der Waals surface area contributed by atoms with Gasteiger partial charge in [0.2, 0.25) is 0 Å². The molecule has 7 aliphatic rings. The fourth-order valence-corrected chi connectivity index (χ4v) is 13.6. The van der Waals surface area contributed by atoms with E-state index in [1.165, 1.54) is 83.8 Å². The van der Waals surface area contributed by atoms with E-state index in [1.807, 2.05) is 34.7 Å². The molecule has 0 bridgehead atoms. The Balaban J connectivity index is 0.00000103. The van der Waals surface area contributed by atoms with Gasteiger partial charge in [-0.05, 0) is 137 Å². The number of nitrogens with zero attached hydrogens (tertiary/aromatic N) is 2. The highest BCUT2D eigenvalue weighted by atomic mass is 32.2. The Kier molecular flexibility index (Phi) is 17.7. The Bertz CT molecular complexity index is 1170. The van der Waals surface area contributed by atoms with Crippen LogP contribution in [0.5, 0.6) is 0 Å². The van der Waals surface area contributed by atoms with Crippen molar-refractivity contribution < 1.29 is 19.4 Å². The van der Waals surface area contributed by atoms with Gasteiger partial charge >= 0.3 is 11.9 Å². The number of rotatable bonds is 9. The first kappa shape index (κ1) is 46.3. The number of carboxylic acid groups (broad SMARTS) is 1. The standard InChI is InChI=1S/C37H62N4O4S.C3H6.C2H6.2CH4/c1-23-28(34(42)43)22-29(23)35(44)45-33-12-14-36(3)30(24(33)2)9-7-26-25-11-15-37(13-5-6-32(37)27(25)8-10-31(26)36)39-16-17-40-18-20-41(21-19-40)46-38-4;1-3-2;1-2;;/h23-33,38-39H,5-22H2,1-4H3,(H,42,43);3H,1H2,2H3;1-2H3;2*1H4. The summed E-state index contributed by atoms with van der Waals surface area (Å²) in [7, 11) is 2.01. The highest BCUT2D eigenvalue weighted by Crippen LogP contribution is 2.66. The van der Waals surface area contributed by atoms with E-state index in [0.29, 0.717) is 29.2 Å². The summed E-state index contributed by atoms with van der Waals surface area (Å²) in [6.07, 6.45) is 16.8. The minimum absolute atomic E-state index is 0. The largest absolute Gasteiger partial charge is 0.481 e. The summed E-state index contributed by atoms with van der Waals surface area (Å²) in [5.74, 6) is 3.70. The van der Waals surface area contributed by atoms with Crippen LogP contribution in [0.15, 0.2) is 12.7 Å². The van der Waals surface area contributed by atoms with Crippen LogP contribution in [0.4, 0.5) is 0 Å². The molecule has 0 radical (unpaired) electrons. The number of hydrogen-bond acceptors (Lipinski definition) is 8. The number of nitrogens with one attached hydrogen (secondary N) is 2. The first-order valence-electron chi connectivity index (χ1n) is 21.1. The van der Waals surface area contributed by atoms with Gasteiger partial charge in [0.15, 0.2) is 0 Å². The summed E-state index contributed by atoms with van der Waals surface area (Å²) in [5, 5.41) is 13.6. The second-order valence-corrected chi connectivity index (χ2v) is 18.6. The van der Waals surface area contributed by atoms with Crippen LogP contribution < -0.4 is 10.0 Å². The third kappa shape index (κ3) is 9.37. The molecule has 3 N–H and O–H groups in total. The van der Waals surface area contributed by atoms with Crippen molar-refractivity contribution >= 4 is 24.1 Å². The number of fused-ring (bicyclic) bond motifs is 7. The van der Waals surface area contributed by atoms with E-state index in [4.69, 9.17) is 4.74 Å². The van der Waals surface area contributed by atoms with Crippen molar-refractivity contribution in [2.24, 2.45) is 64.6 Å². The summed E-state index contributed by atoms with van der Waals surface area (Å²) in [6.45, 7) is 23.1. The average molecular weight is 763 g/mol. The molecule has 13 unspecified atom stereocenters. The van der Waals surface area contributed by atoms with Crippen molar-refractivity contribution in [1.82, 2.24) is 19.2 Å². The zero-order valence-electron chi connectivity index (χ0n) is 33.3. The molecule has 13 atom stereocenters. The van der Waals surface area contributed by atoms with Gasteiger partial charge in [-0.3, -0.25) is 19.2 Å². The molecule has 8 nitrogen and oxygen atoms in total. The molecule has 308 valence electrons. The lowest BCUT2D eigenvalue weighted by Gasteiger charge is -2.63. The zero-order chi connectivity index (χ0) is 36.9. The third-order valence-corrected chi connectivity index (χ3v) is 16.3. The predicted molar refractivity (Wildman–Crippen MR) is 223 cm³/mol. The van der Waals surface area contributed by atoms with E-state index in [9.17, 15) is 14.7 Å². The number of carbonyl (C=O) groups is 2. The highest BCUT2D eigenvalue weighted by molar-refractivity contribution is 7.95. The van der Waals surface area contributed by atoms with E-state index in [1.54, 1.807) is 18.2 Å². The number of piperazine rings is 1. The molecular formula is C44H82N4O4S. The Hall–Kier alpha value is -1.13. The molecule has 0 aromatic carbocycles. The van der Waals surface area contributed by atoms with Gasteiger partial charge in [0.05, 0.1) is 11.8 Å². The van der Waals surface area contributed by atoms with Crippen molar-refractivity contribution in [3.05, 3.63) is 12.7 Å². The van der Waals surface area contributed by atoms with Gasteiger partial charge in [0, 0.05) is 56.9 Å². The minimum atomic E-state index is -0.776. The van der Waals surface area contributed by atoms with Gasteiger partial charge in [-0.2, -0.15) is 0 Å². The maximum absolute atomic E-state index is 13.1. The fraction of sp³-hybridized carbons (Fsp3) is 0.909. The summed E-state index contributed by atoms with van der Waals surface area (Å²) < 4.78 is 11.9. The maximum Gasteiger partial charge on any atom is 0.309 e. The van der Waals surface area contributed by atoms with E-state index in [2.05, 4.69) is 39.7 Å². The number of aliphatic carboxylic acids is 1. The van der Waals surface area contributed by atoms with Crippen molar-refractivity contribution in [2.75, 3.05) is 46.3 Å². The van der Waals surface area contributed by atoms with Crippen LogP contribution in [0.1, 0.15) is 133 Å². The number of allylic oxidation sites excluding steroid dienone is 1. The van der Waals surface area contributed by atoms with E-state index in [-0.39, 0.29) is 38.8 Å². The number of carboxylic acids is 1. The molecule has 1 saturated heterocycles. The second kappa shape index (κ2) is 20.3. The lowest BCUT2D eigenvalue weighted by molar-refractivity contribution is -0.186. The van der Waals surface area contributed by atoms with Crippen LogP contribution in [-0.2, 0) is 14.3 Å². The summed E-state index contributed by atoms with van der Waals surface area (Å²) in [6, 6.07) is 0. The molecule has 1 aliphatic heterocycles. The van der Waals surface area contributed by atoms with Gasteiger partial charge in [-0.25, -0.2) is 4.31 Å². The molecule has 1 heterocycles. The number of carbonyl (C=O) groups excluding carboxylic acids is 1. The van der Waals surface area contributed by atoms with Crippen molar-refractivity contribution in [3.63, 3.8) is 0 Å². The second-order valence-electron chi connectivity index (χ2n) is 17.5. The molecule has 53 heavy (non-hydrogen) atoms. The lowest BCUT2D eigenvalue weighted by Crippen LogP contribution is -2.61. The van der Waals surface area contributed by atoms with Gasteiger partial charge in [-0.1, -0.05) is 62.0 Å². The summed E-state index contributed by atoms with van der Waals surface area (Å²) >= 11 is 1.75. The Morgan fingerprint density at radius 3 is 2.13 bits per heavy atom. The predicted octanol–water partition coefficient (Wildman–Crippen LogP) is 9.17. The third-order valence-electron chi connectivity index (χ3n) is 15.5. The molecule has 0 aromatic heterocycles. The molecule has 9 heteroatoms. The maximum atomic E-state index is 13.1. The van der Waals surface area contributed by atoms with E-state index in [0.717, 1.165) is 55.6 Å². The van der Waals surface area contributed by atoms with Crippen LogP contribution >= 0.6 is 12.1 Å². The van der Waals surface area contributed by atoms with E-state index < -0.39 is 11.9 Å². The quantitative estimate of drug-likeness (QED) is 0.121. The first-order chi connectivity index (χ1) is 24.6. The van der Waals surface area contributed by atoms with Crippen molar-refractivity contribution in [2.45, 2.75) is 145 Å². The van der Waals surface area contributed by atoms with Crippen molar-refractivity contribution in [3.8, 4) is 0 Å². The molecular weight excluding hydrogens is 681 g/mol. The first-order valence-corrected chi connectivity index (χ1v) is 21.9. The topological polar surface area (TPSA) is 94.1 Å². The van der Waals surface area contributed by atoms with Crippen LogP contribution in [0.25, 0.3) is 0 Å². The lowest BCUT2D eigenvalue weighted by atomic mass is 9.43. The Morgan fingerprint density at radius 2 is 1.51 bits per heavy atom. The Labute approximate surface area is 330 Å². The molecule has 7 rings (SSSR count). The fourth-order valence-electron chi connectivity index (χ4n) is 13.0. The summed E-state index contributed by atoms with van der Waals surface area (Å²) in [5.41, 5.74) is 0.740. The number of ether oxygens (including phenoxy) is 1. The smallest absolute Gasteiger partial charge is 0.309 e. The summed E-state index contributed by atoms with van der Waals surface area (Å²) in [4.78, 5) is 27.2. The van der Waals surface area contributed by atoms with Gasteiger partial charge in [0.25, 0.3) is 0 Å². The highest BCUT2D eigenvalue weighted by Gasteiger charge is 2.61. The molecule has 6 aliphatic carbocycles. The van der Waals surface area contributed by atoms with Crippen LogP contribution in [0, 0.1) is 64.6 Å². The number of hydrogen-bond donors (Lipinski definition) is 3. The van der Waals surface area contributed by atoms with Crippen LogP contribution in [0.3, 0.4) is 0 Å². The number of esters is 1.